The molecule has 1 aromatic heterocycles. The second-order valence-electron chi connectivity index (χ2n) is 6.77. The van der Waals surface area contributed by atoms with Crippen LogP contribution in [0, 0.1) is 13.8 Å². The summed E-state index contributed by atoms with van der Waals surface area (Å²) >= 11 is 1.42. The maximum absolute atomic E-state index is 12.6. The minimum Gasteiger partial charge on any atom is -0.338 e. The molecule has 26 heavy (non-hydrogen) atoms. The standard InChI is InChI=1S/C19H24N2O3S2/c1-4-21(15-8-9-26(23,24)12-15)18(22)11-25-17-10-14(3)16-7-5-6-13(2)19(16)20-17/h5-7,10,15H,4,8-9,11-12H2,1-3H3/t15-/m0/s1. The summed E-state index contributed by atoms with van der Waals surface area (Å²) < 4.78 is 23.4. The third-order valence-electron chi connectivity index (χ3n) is 4.88. The normalized spacial score (nSPS) is 19.0. The molecular weight excluding hydrogens is 368 g/mol. The Morgan fingerprint density at radius 1 is 1.31 bits per heavy atom. The summed E-state index contributed by atoms with van der Waals surface area (Å²) in [6.07, 6.45) is 0.541. The lowest BCUT2D eigenvalue weighted by molar-refractivity contribution is -0.129. The number of amides is 1. The van der Waals surface area contributed by atoms with Crippen molar-refractivity contribution in [2.75, 3.05) is 23.8 Å². The molecule has 0 bridgehead atoms. The lowest BCUT2D eigenvalue weighted by atomic mass is 10.1. The van der Waals surface area contributed by atoms with E-state index in [1.165, 1.54) is 11.8 Å². The van der Waals surface area contributed by atoms with Crippen molar-refractivity contribution in [2.24, 2.45) is 0 Å². The molecule has 2 aromatic rings. The largest absolute Gasteiger partial charge is 0.338 e. The van der Waals surface area contributed by atoms with E-state index in [1.54, 1.807) is 4.90 Å². The van der Waals surface area contributed by atoms with Crippen molar-refractivity contribution in [3.05, 3.63) is 35.4 Å². The van der Waals surface area contributed by atoms with Gasteiger partial charge in [0.1, 0.15) is 0 Å². The Morgan fingerprint density at radius 3 is 2.73 bits per heavy atom. The highest BCUT2D eigenvalue weighted by molar-refractivity contribution is 7.99. The van der Waals surface area contributed by atoms with Gasteiger partial charge in [0.05, 0.1) is 27.8 Å². The first kappa shape index (κ1) is 19.2. The Kier molecular flexibility index (Phi) is 5.58. The van der Waals surface area contributed by atoms with Crippen LogP contribution in [0.3, 0.4) is 0 Å². The Morgan fingerprint density at radius 2 is 2.08 bits per heavy atom. The quantitative estimate of drug-likeness (QED) is 0.732. The second kappa shape index (κ2) is 7.56. The molecule has 0 aliphatic carbocycles. The van der Waals surface area contributed by atoms with Gasteiger partial charge in [0.15, 0.2) is 9.84 Å². The Labute approximate surface area is 159 Å². The first-order chi connectivity index (χ1) is 12.3. The molecule has 7 heteroatoms. The number of aromatic nitrogens is 1. The van der Waals surface area contributed by atoms with Crippen LogP contribution in [0.1, 0.15) is 24.5 Å². The van der Waals surface area contributed by atoms with Gasteiger partial charge in [-0.2, -0.15) is 0 Å². The molecule has 1 saturated heterocycles. The molecule has 1 amide bonds. The molecule has 1 aliphatic rings. The van der Waals surface area contributed by atoms with E-state index in [0.29, 0.717) is 13.0 Å². The van der Waals surface area contributed by atoms with Crippen molar-refractivity contribution in [1.29, 1.82) is 0 Å². The summed E-state index contributed by atoms with van der Waals surface area (Å²) in [7, 11) is -3.00. The van der Waals surface area contributed by atoms with Crippen molar-refractivity contribution < 1.29 is 13.2 Å². The topological polar surface area (TPSA) is 67.3 Å². The number of sulfone groups is 1. The zero-order chi connectivity index (χ0) is 18.9. The lowest BCUT2D eigenvalue weighted by Crippen LogP contribution is -2.41. The average molecular weight is 393 g/mol. The van der Waals surface area contributed by atoms with Crippen molar-refractivity contribution in [3.8, 4) is 0 Å². The molecule has 140 valence electrons. The van der Waals surface area contributed by atoms with Crippen LogP contribution in [0.15, 0.2) is 29.3 Å². The van der Waals surface area contributed by atoms with Gasteiger partial charge >= 0.3 is 0 Å². The van der Waals surface area contributed by atoms with Crippen LogP contribution in [0.2, 0.25) is 0 Å². The zero-order valence-corrected chi connectivity index (χ0v) is 17.0. The van der Waals surface area contributed by atoms with Crippen molar-refractivity contribution in [1.82, 2.24) is 9.88 Å². The maximum Gasteiger partial charge on any atom is 0.233 e. The fourth-order valence-corrected chi connectivity index (χ4v) is 6.07. The molecule has 5 nitrogen and oxygen atoms in total. The summed E-state index contributed by atoms with van der Waals surface area (Å²) in [6.45, 7) is 6.52. The van der Waals surface area contributed by atoms with Gasteiger partial charge < -0.3 is 4.90 Å². The van der Waals surface area contributed by atoms with E-state index >= 15 is 0 Å². The Hall–Kier alpha value is -1.60. The highest BCUT2D eigenvalue weighted by Crippen LogP contribution is 2.26. The van der Waals surface area contributed by atoms with Crippen LogP contribution in [-0.4, -0.2) is 54.1 Å². The van der Waals surface area contributed by atoms with Crippen molar-refractivity contribution in [2.45, 2.75) is 38.3 Å². The van der Waals surface area contributed by atoms with E-state index in [1.807, 2.05) is 32.0 Å². The monoisotopic (exact) mass is 392 g/mol. The zero-order valence-electron chi connectivity index (χ0n) is 15.4. The minimum atomic E-state index is -3.00. The van der Waals surface area contributed by atoms with Gasteiger partial charge in [-0.1, -0.05) is 30.0 Å². The molecule has 0 radical (unpaired) electrons. The van der Waals surface area contributed by atoms with Crippen LogP contribution in [0.4, 0.5) is 0 Å². The Balaban J connectivity index is 1.73. The Bertz CT molecular complexity index is 941. The predicted molar refractivity (Wildman–Crippen MR) is 106 cm³/mol. The van der Waals surface area contributed by atoms with Gasteiger partial charge in [-0.25, -0.2) is 13.4 Å². The van der Waals surface area contributed by atoms with Crippen LogP contribution in [-0.2, 0) is 14.6 Å². The van der Waals surface area contributed by atoms with Gasteiger partial charge in [-0.05, 0) is 44.4 Å². The summed E-state index contributed by atoms with van der Waals surface area (Å²) in [5.74, 6) is 0.515. The number of fused-ring (bicyclic) bond motifs is 1. The highest BCUT2D eigenvalue weighted by atomic mass is 32.2. The number of carbonyl (C=O) groups is 1. The number of rotatable bonds is 5. The fourth-order valence-electron chi connectivity index (χ4n) is 3.48. The second-order valence-corrected chi connectivity index (χ2v) is 10.00. The van der Waals surface area contributed by atoms with Gasteiger partial charge in [-0.3, -0.25) is 4.79 Å². The SMILES string of the molecule is CCN(C(=O)CSc1cc(C)c2cccc(C)c2n1)[C@H]1CCS(=O)(=O)C1. The number of nitrogens with zero attached hydrogens (tertiary/aromatic N) is 2. The molecular formula is C19H24N2O3S2. The minimum absolute atomic E-state index is 0.0241. The molecule has 0 N–H and O–H groups in total. The number of aryl methyl sites for hydroxylation is 2. The third-order valence-corrected chi connectivity index (χ3v) is 7.52. The molecule has 1 atom stereocenters. The summed E-state index contributed by atoms with van der Waals surface area (Å²) in [6, 6.07) is 7.94. The number of para-hydroxylation sites is 1. The molecule has 0 unspecified atom stereocenters. The highest BCUT2D eigenvalue weighted by Gasteiger charge is 2.33. The molecule has 1 fully saturated rings. The van der Waals surface area contributed by atoms with E-state index in [0.717, 1.165) is 27.1 Å². The lowest BCUT2D eigenvalue weighted by Gasteiger charge is -2.26. The molecule has 0 saturated carbocycles. The number of hydrogen-bond acceptors (Lipinski definition) is 5. The number of carbonyl (C=O) groups excluding carboxylic acids is 1. The molecule has 1 aliphatic heterocycles. The van der Waals surface area contributed by atoms with Crippen LogP contribution in [0.25, 0.3) is 10.9 Å². The number of thioether (sulfide) groups is 1. The van der Waals surface area contributed by atoms with Crippen molar-refractivity contribution in [3.63, 3.8) is 0 Å². The summed E-state index contributed by atoms with van der Waals surface area (Å²) in [4.78, 5) is 19.1. The molecule has 1 aromatic carbocycles. The number of benzene rings is 1. The first-order valence-electron chi connectivity index (χ1n) is 8.80. The summed E-state index contributed by atoms with van der Waals surface area (Å²) in [5.41, 5.74) is 3.23. The number of pyridine rings is 1. The van der Waals surface area contributed by atoms with E-state index in [-0.39, 0.29) is 29.2 Å². The summed E-state index contributed by atoms with van der Waals surface area (Å²) in [5, 5.41) is 1.96. The third kappa shape index (κ3) is 4.04. The van der Waals surface area contributed by atoms with E-state index in [2.05, 4.69) is 13.0 Å². The van der Waals surface area contributed by atoms with Gasteiger partial charge in [-0.15, -0.1) is 0 Å². The van der Waals surface area contributed by atoms with E-state index < -0.39 is 9.84 Å². The average Bonchev–Trinajstić information content (AvgIpc) is 2.94. The van der Waals surface area contributed by atoms with Gasteiger partial charge in [0.25, 0.3) is 0 Å². The first-order valence-corrected chi connectivity index (χ1v) is 11.6. The van der Waals surface area contributed by atoms with Crippen LogP contribution >= 0.6 is 11.8 Å². The predicted octanol–water partition coefficient (Wildman–Crippen LogP) is 2.98. The maximum atomic E-state index is 12.6. The van der Waals surface area contributed by atoms with Gasteiger partial charge in [0.2, 0.25) is 5.91 Å². The van der Waals surface area contributed by atoms with Gasteiger partial charge in [0, 0.05) is 18.0 Å². The van der Waals surface area contributed by atoms with Crippen LogP contribution in [0.5, 0.6) is 0 Å². The molecule has 3 rings (SSSR count). The fraction of sp³-hybridized carbons (Fsp3) is 0.474. The van der Waals surface area contributed by atoms with E-state index in [4.69, 9.17) is 4.98 Å². The smallest absolute Gasteiger partial charge is 0.233 e. The number of hydrogen-bond donors (Lipinski definition) is 0. The van der Waals surface area contributed by atoms with Crippen molar-refractivity contribution >= 4 is 38.4 Å². The molecule has 2 heterocycles. The van der Waals surface area contributed by atoms with Crippen LogP contribution < -0.4 is 0 Å². The molecule has 0 spiro atoms. The van der Waals surface area contributed by atoms with E-state index in [9.17, 15) is 13.2 Å².